The van der Waals surface area contributed by atoms with Gasteiger partial charge in [0.15, 0.2) is 5.82 Å². The molecule has 0 aromatic carbocycles. The average Bonchev–Trinajstić information content (AvgIpc) is 3.02. The van der Waals surface area contributed by atoms with Gasteiger partial charge in [-0.1, -0.05) is 11.6 Å². The number of halogens is 3. The molecule has 1 aliphatic rings. The molecular weight excluding hydrogens is 436 g/mol. The fraction of sp³-hybridized carbons (Fsp3) is 0.278. The van der Waals surface area contributed by atoms with Gasteiger partial charge >= 0.3 is 0 Å². The van der Waals surface area contributed by atoms with Crippen molar-refractivity contribution in [2.45, 2.75) is 19.9 Å². The summed E-state index contributed by atoms with van der Waals surface area (Å²) in [6, 6.07) is 0.191. The van der Waals surface area contributed by atoms with Gasteiger partial charge in [0.2, 0.25) is 5.95 Å². The molecule has 0 bridgehead atoms. The zero-order valence-electron chi connectivity index (χ0n) is 15.5. The molecule has 0 amide bonds. The van der Waals surface area contributed by atoms with Crippen LogP contribution in [0.15, 0.2) is 18.7 Å². The summed E-state index contributed by atoms with van der Waals surface area (Å²) in [5, 5.41) is 5.13. The Hall–Kier alpha value is -2.36. The fourth-order valence-corrected chi connectivity index (χ4v) is 4.72. The van der Waals surface area contributed by atoms with Gasteiger partial charge in [-0.05, 0) is 19.4 Å². The Morgan fingerprint density at radius 2 is 1.90 bits per heavy atom. The van der Waals surface area contributed by atoms with Gasteiger partial charge in [0, 0.05) is 18.5 Å². The summed E-state index contributed by atoms with van der Waals surface area (Å²) in [6.45, 7) is 5.33. The first-order valence-electron chi connectivity index (χ1n) is 8.70. The predicted octanol–water partition coefficient (Wildman–Crippen LogP) is 4.16. The van der Waals surface area contributed by atoms with Gasteiger partial charge in [-0.25, -0.2) is 29.3 Å². The second-order valence-electron chi connectivity index (χ2n) is 6.77. The molecule has 5 heterocycles. The Morgan fingerprint density at radius 1 is 1.17 bits per heavy atom. The van der Waals surface area contributed by atoms with Crippen molar-refractivity contribution in [2.24, 2.45) is 0 Å². The monoisotopic (exact) mass is 451 g/mol. The molecule has 150 valence electrons. The number of thiophene rings is 1. The van der Waals surface area contributed by atoms with Crippen molar-refractivity contribution < 1.29 is 4.39 Å². The highest BCUT2D eigenvalue weighted by Gasteiger charge is 2.30. The van der Waals surface area contributed by atoms with E-state index < -0.39 is 5.82 Å². The fourth-order valence-electron chi connectivity index (χ4n) is 3.39. The van der Waals surface area contributed by atoms with Gasteiger partial charge < -0.3 is 10.2 Å². The highest BCUT2D eigenvalue weighted by Crippen LogP contribution is 2.39. The number of fused-ring (bicyclic) bond motifs is 3. The Kier molecular flexibility index (Phi) is 5.14. The van der Waals surface area contributed by atoms with Crippen molar-refractivity contribution in [3.05, 3.63) is 40.8 Å². The molecule has 4 aromatic rings. The smallest absolute Gasteiger partial charge is 0.225 e. The molecule has 0 aliphatic carbocycles. The molecular formula is C18H16Cl2FN7S. The summed E-state index contributed by atoms with van der Waals surface area (Å²) >= 11 is 7.96. The first-order chi connectivity index (χ1) is 13.5. The molecule has 0 radical (unpaired) electrons. The summed E-state index contributed by atoms with van der Waals surface area (Å²) < 4.78 is 13.9. The van der Waals surface area contributed by atoms with Crippen LogP contribution in [0.2, 0.25) is 5.02 Å². The van der Waals surface area contributed by atoms with Crippen LogP contribution in [0.3, 0.4) is 0 Å². The van der Waals surface area contributed by atoms with E-state index in [1.807, 2.05) is 18.7 Å². The summed E-state index contributed by atoms with van der Waals surface area (Å²) in [7, 11) is 0. The average molecular weight is 452 g/mol. The van der Waals surface area contributed by atoms with Crippen LogP contribution in [0, 0.1) is 19.7 Å². The van der Waals surface area contributed by atoms with E-state index in [1.165, 1.54) is 12.4 Å². The van der Waals surface area contributed by atoms with Crippen LogP contribution in [0.5, 0.6) is 0 Å². The van der Waals surface area contributed by atoms with Crippen LogP contribution < -0.4 is 10.2 Å². The molecule has 0 unspecified atom stereocenters. The highest BCUT2D eigenvalue weighted by atomic mass is 35.5. The molecule has 4 aromatic heterocycles. The molecule has 0 spiro atoms. The third kappa shape index (κ3) is 3.33. The van der Waals surface area contributed by atoms with Gasteiger partial charge in [0.05, 0.1) is 39.4 Å². The largest absolute Gasteiger partial charge is 0.362 e. The molecule has 1 aliphatic heterocycles. The van der Waals surface area contributed by atoms with Crippen LogP contribution in [-0.4, -0.2) is 44.1 Å². The number of nitrogens with zero attached hydrogens (tertiary/aromatic N) is 6. The molecule has 0 atom stereocenters. The van der Waals surface area contributed by atoms with Crippen LogP contribution in [-0.2, 0) is 0 Å². The minimum absolute atomic E-state index is 0. The van der Waals surface area contributed by atoms with Gasteiger partial charge in [0.25, 0.3) is 0 Å². The maximum Gasteiger partial charge on any atom is 0.225 e. The lowest BCUT2D eigenvalue weighted by Crippen LogP contribution is -2.55. The first kappa shape index (κ1) is 19.9. The first-order valence-corrected chi connectivity index (χ1v) is 9.89. The van der Waals surface area contributed by atoms with Gasteiger partial charge in [-0.2, -0.15) is 0 Å². The Bertz CT molecular complexity index is 1210. The van der Waals surface area contributed by atoms with Crippen LogP contribution in [0.4, 0.5) is 16.2 Å². The van der Waals surface area contributed by atoms with Gasteiger partial charge in [-0.15, -0.1) is 23.7 Å². The maximum absolute atomic E-state index is 13.0. The van der Waals surface area contributed by atoms with Crippen LogP contribution in [0.25, 0.3) is 20.4 Å². The van der Waals surface area contributed by atoms with Crippen molar-refractivity contribution in [3.63, 3.8) is 0 Å². The number of pyridine rings is 1. The number of aryl methyl sites for hydroxylation is 2. The SMILES string of the molecule is Cc1nc2sc3c(NC4CN(c5ncc(F)cn5)C4)ncnc3c2c(C)c1Cl.Cl. The van der Waals surface area contributed by atoms with Gasteiger partial charge in [0.1, 0.15) is 17.0 Å². The molecule has 0 saturated carbocycles. The Labute approximate surface area is 180 Å². The third-order valence-electron chi connectivity index (χ3n) is 4.86. The number of nitrogens with one attached hydrogen (secondary N) is 1. The molecule has 1 fully saturated rings. The number of hydrogen-bond donors (Lipinski definition) is 1. The zero-order chi connectivity index (χ0) is 19.4. The summed E-state index contributed by atoms with van der Waals surface area (Å²) in [6.07, 6.45) is 3.91. The van der Waals surface area contributed by atoms with E-state index in [2.05, 4.69) is 30.2 Å². The highest BCUT2D eigenvalue weighted by molar-refractivity contribution is 7.26. The van der Waals surface area contributed by atoms with Crippen LogP contribution in [0.1, 0.15) is 11.3 Å². The molecule has 1 N–H and O–H groups in total. The van der Waals surface area contributed by atoms with E-state index >= 15 is 0 Å². The number of aromatic nitrogens is 5. The Balaban J connectivity index is 0.00000205. The van der Waals surface area contributed by atoms with E-state index in [0.717, 1.165) is 37.5 Å². The van der Waals surface area contributed by atoms with Crippen molar-refractivity contribution in [2.75, 3.05) is 23.3 Å². The standard InChI is InChI=1S/C18H15ClFN7S.ClH/c1-8-12-14-15(28-17(12)25-9(2)13(8)19)16(24-7-23-14)26-11-5-27(6-11)18-21-3-10(20)4-22-18;/h3-4,7,11H,5-6H2,1-2H3,(H,23,24,26);1H. The summed E-state index contributed by atoms with van der Waals surface area (Å²) in [4.78, 5) is 24.5. The maximum atomic E-state index is 13.0. The topological polar surface area (TPSA) is 79.7 Å². The lowest BCUT2D eigenvalue weighted by molar-refractivity contribution is 0.532. The third-order valence-corrected chi connectivity index (χ3v) is 6.49. The van der Waals surface area contributed by atoms with Crippen molar-refractivity contribution in [3.8, 4) is 0 Å². The van der Waals surface area contributed by atoms with E-state index in [9.17, 15) is 4.39 Å². The van der Waals surface area contributed by atoms with E-state index in [0.29, 0.717) is 24.1 Å². The molecule has 29 heavy (non-hydrogen) atoms. The molecule has 1 saturated heterocycles. The number of rotatable bonds is 3. The minimum atomic E-state index is -0.439. The quantitative estimate of drug-likeness (QED) is 0.500. The van der Waals surface area contributed by atoms with E-state index in [4.69, 9.17) is 11.6 Å². The molecule has 7 nitrogen and oxygen atoms in total. The van der Waals surface area contributed by atoms with Gasteiger partial charge in [-0.3, -0.25) is 0 Å². The molecule has 11 heteroatoms. The zero-order valence-corrected chi connectivity index (χ0v) is 17.9. The van der Waals surface area contributed by atoms with E-state index in [1.54, 1.807) is 17.7 Å². The molecule has 5 rings (SSSR count). The number of hydrogen-bond acceptors (Lipinski definition) is 8. The van der Waals surface area contributed by atoms with Crippen LogP contribution >= 0.6 is 35.3 Å². The lowest BCUT2D eigenvalue weighted by atomic mass is 10.1. The van der Waals surface area contributed by atoms with Crippen molar-refractivity contribution >= 4 is 67.5 Å². The number of anilines is 2. The normalized spacial score (nSPS) is 14.1. The summed E-state index contributed by atoms with van der Waals surface area (Å²) in [5.74, 6) is 0.872. The van der Waals surface area contributed by atoms with Crippen molar-refractivity contribution in [1.82, 2.24) is 24.9 Å². The second-order valence-corrected chi connectivity index (χ2v) is 8.14. The summed E-state index contributed by atoms with van der Waals surface area (Å²) in [5.41, 5.74) is 2.67. The second kappa shape index (κ2) is 7.47. The lowest BCUT2D eigenvalue weighted by Gasteiger charge is -2.39. The Morgan fingerprint density at radius 3 is 2.62 bits per heavy atom. The van der Waals surface area contributed by atoms with E-state index in [-0.39, 0.29) is 18.4 Å². The van der Waals surface area contributed by atoms with Crippen molar-refractivity contribution in [1.29, 1.82) is 0 Å². The predicted molar refractivity (Wildman–Crippen MR) is 116 cm³/mol. The minimum Gasteiger partial charge on any atom is -0.362 e.